The highest BCUT2D eigenvalue weighted by Gasteiger charge is 2.27. The topological polar surface area (TPSA) is 43.4 Å². The van der Waals surface area contributed by atoms with Crippen LogP contribution in [0.3, 0.4) is 0 Å². The van der Waals surface area contributed by atoms with Crippen LogP contribution in [0.5, 0.6) is 0 Å². The minimum Gasteiger partial charge on any atom is -0.465 e. The number of esters is 1. The fourth-order valence-corrected chi connectivity index (χ4v) is 1.27. The van der Waals surface area contributed by atoms with E-state index in [1.54, 1.807) is 0 Å². The Labute approximate surface area is 71.4 Å². The zero-order valence-corrected chi connectivity index (χ0v) is 7.13. The molecule has 0 aromatic rings. The van der Waals surface area contributed by atoms with Gasteiger partial charge in [-0.3, -0.25) is 9.59 Å². The van der Waals surface area contributed by atoms with E-state index in [0.29, 0.717) is 18.6 Å². The van der Waals surface area contributed by atoms with E-state index in [-0.39, 0.29) is 17.7 Å². The molecule has 0 spiro atoms. The Hall–Kier alpha value is -1.12. The Kier molecular flexibility index (Phi) is 2.63. The predicted octanol–water partition coefficient (Wildman–Crippen LogP) is 1.08. The molecule has 1 fully saturated rings. The number of Topliss-reactive ketones (excluding diaryl/α,β-unsaturated/α-hetero) is 1. The highest BCUT2D eigenvalue weighted by atomic mass is 16.5. The molecule has 1 aliphatic rings. The maximum atomic E-state index is 11.0. The van der Waals surface area contributed by atoms with E-state index in [2.05, 4.69) is 6.58 Å². The monoisotopic (exact) mass is 168 g/mol. The molecule has 0 N–H and O–H groups in total. The number of rotatable bonds is 2. The summed E-state index contributed by atoms with van der Waals surface area (Å²) in [4.78, 5) is 21.4. The van der Waals surface area contributed by atoms with Crippen molar-refractivity contribution in [1.29, 1.82) is 0 Å². The van der Waals surface area contributed by atoms with Crippen molar-refractivity contribution in [3.8, 4) is 0 Å². The minimum absolute atomic E-state index is 0.0569. The number of carbonyl (C=O) groups excluding carboxylic acids is 2. The number of hydrogen-bond donors (Lipinski definition) is 0. The molecule has 0 aliphatic heterocycles. The van der Waals surface area contributed by atoms with Crippen molar-refractivity contribution in [3.05, 3.63) is 12.2 Å². The lowest BCUT2D eigenvalue weighted by atomic mass is 10.1. The van der Waals surface area contributed by atoms with Crippen LogP contribution in [-0.4, -0.2) is 18.4 Å². The molecule has 0 saturated heterocycles. The van der Waals surface area contributed by atoms with Crippen LogP contribution in [0.25, 0.3) is 0 Å². The summed E-state index contributed by atoms with van der Waals surface area (Å²) in [5.74, 6) is -0.143. The summed E-state index contributed by atoms with van der Waals surface area (Å²) in [6, 6.07) is 0. The Bertz CT molecular complexity index is 230. The van der Waals surface area contributed by atoms with Gasteiger partial charge in [0.1, 0.15) is 0 Å². The molecule has 0 amide bonds. The molecule has 1 rings (SSSR count). The van der Waals surface area contributed by atoms with Crippen molar-refractivity contribution in [3.63, 3.8) is 0 Å². The quantitative estimate of drug-likeness (QED) is 0.458. The summed E-state index contributed by atoms with van der Waals surface area (Å²) in [6.45, 7) is 5.32. The summed E-state index contributed by atoms with van der Waals surface area (Å²) >= 11 is 0. The molecular formula is C9H12O3. The Morgan fingerprint density at radius 3 is 2.83 bits per heavy atom. The predicted molar refractivity (Wildman–Crippen MR) is 43.5 cm³/mol. The van der Waals surface area contributed by atoms with Gasteiger partial charge in [-0.25, -0.2) is 0 Å². The van der Waals surface area contributed by atoms with Gasteiger partial charge < -0.3 is 4.74 Å². The molecule has 1 atom stereocenters. The molecule has 3 nitrogen and oxygen atoms in total. The van der Waals surface area contributed by atoms with Gasteiger partial charge in [-0.1, -0.05) is 6.58 Å². The molecule has 1 unspecified atom stereocenters. The van der Waals surface area contributed by atoms with Gasteiger partial charge in [-0.05, 0) is 12.0 Å². The van der Waals surface area contributed by atoms with Gasteiger partial charge in [0.25, 0.3) is 0 Å². The van der Waals surface area contributed by atoms with Gasteiger partial charge in [0, 0.05) is 19.3 Å². The molecule has 3 heteroatoms. The molecule has 0 aromatic heterocycles. The fraction of sp³-hybridized carbons (Fsp3) is 0.556. The van der Waals surface area contributed by atoms with E-state index in [9.17, 15) is 9.59 Å². The molecule has 12 heavy (non-hydrogen) atoms. The van der Waals surface area contributed by atoms with Crippen LogP contribution < -0.4 is 0 Å². The zero-order chi connectivity index (χ0) is 9.14. The second kappa shape index (κ2) is 3.52. The first kappa shape index (κ1) is 8.97. The first-order chi connectivity index (χ1) is 5.61. The van der Waals surface area contributed by atoms with Crippen LogP contribution in [0.4, 0.5) is 0 Å². The number of ketones is 1. The molecule has 0 radical (unpaired) electrons. The smallest absolute Gasteiger partial charge is 0.302 e. The first-order valence-electron chi connectivity index (χ1n) is 3.96. The zero-order valence-electron chi connectivity index (χ0n) is 7.13. The fourth-order valence-electron chi connectivity index (χ4n) is 1.27. The molecule has 0 bridgehead atoms. The largest absolute Gasteiger partial charge is 0.465 e. The summed E-state index contributed by atoms with van der Waals surface area (Å²) < 4.78 is 4.79. The standard InChI is InChI=1S/C9H12O3/c1-6-8(3-4-9(6)11)5-12-7(2)10/h8H,1,3-5H2,2H3. The average molecular weight is 168 g/mol. The Balaban J connectivity index is 2.39. The molecule has 0 aromatic carbocycles. The van der Waals surface area contributed by atoms with Crippen LogP contribution in [-0.2, 0) is 14.3 Å². The average Bonchev–Trinajstić information content (AvgIpc) is 2.30. The summed E-state index contributed by atoms with van der Waals surface area (Å²) in [5, 5.41) is 0. The maximum Gasteiger partial charge on any atom is 0.302 e. The van der Waals surface area contributed by atoms with Crippen molar-refractivity contribution in [1.82, 2.24) is 0 Å². The lowest BCUT2D eigenvalue weighted by molar-refractivity contribution is -0.142. The van der Waals surface area contributed by atoms with Gasteiger partial charge in [0.15, 0.2) is 5.78 Å². The highest BCUT2D eigenvalue weighted by molar-refractivity contribution is 5.97. The normalized spacial score (nSPS) is 22.9. The summed E-state index contributed by atoms with van der Waals surface area (Å²) in [6.07, 6.45) is 1.32. The van der Waals surface area contributed by atoms with Gasteiger partial charge in [-0.15, -0.1) is 0 Å². The van der Waals surface area contributed by atoms with Gasteiger partial charge in [0.05, 0.1) is 6.61 Å². The molecule has 0 heterocycles. The summed E-state index contributed by atoms with van der Waals surface area (Å²) in [7, 11) is 0. The van der Waals surface area contributed by atoms with E-state index < -0.39 is 0 Å². The van der Waals surface area contributed by atoms with Crippen LogP contribution in [0.1, 0.15) is 19.8 Å². The van der Waals surface area contributed by atoms with E-state index in [0.717, 1.165) is 6.42 Å². The molecule has 1 saturated carbocycles. The molecule has 66 valence electrons. The van der Waals surface area contributed by atoms with Gasteiger partial charge >= 0.3 is 5.97 Å². The minimum atomic E-state index is -0.304. The molecule has 1 aliphatic carbocycles. The van der Waals surface area contributed by atoms with Crippen molar-refractivity contribution >= 4 is 11.8 Å². The van der Waals surface area contributed by atoms with E-state index in [4.69, 9.17) is 4.74 Å². The lowest BCUT2D eigenvalue weighted by Crippen LogP contribution is -2.11. The van der Waals surface area contributed by atoms with Crippen molar-refractivity contribution < 1.29 is 14.3 Å². The van der Waals surface area contributed by atoms with Gasteiger partial charge in [-0.2, -0.15) is 0 Å². The van der Waals surface area contributed by atoms with Crippen molar-refractivity contribution in [2.75, 3.05) is 6.61 Å². The van der Waals surface area contributed by atoms with Crippen molar-refractivity contribution in [2.45, 2.75) is 19.8 Å². The summed E-state index contributed by atoms with van der Waals surface area (Å²) in [5.41, 5.74) is 0.608. The number of carbonyl (C=O) groups is 2. The third-order valence-corrected chi connectivity index (χ3v) is 2.06. The lowest BCUT2D eigenvalue weighted by Gasteiger charge is -2.08. The van der Waals surface area contributed by atoms with Crippen LogP contribution in [0, 0.1) is 5.92 Å². The third kappa shape index (κ3) is 1.94. The SMILES string of the molecule is C=C1C(=O)CCC1COC(C)=O. The van der Waals surface area contributed by atoms with Crippen LogP contribution in [0.15, 0.2) is 12.2 Å². The number of hydrogen-bond acceptors (Lipinski definition) is 3. The van der Waals surface area contributed by atoms with E-state index in [1.807, 2.05) is 0 Å². The molecular weight excluding hydrogens is 156 g/mol. The maximum absolute atomic E-state index is 11.0. The number of ether oxygens (including phenoxy) is 1. The van der Waals surface area contributed by atoms with Crippen LogP contribution in [0.2, 0.25) is 0 Å². The Morgan fingerprint density at radius 2 is 2.42 bits per heavy atom. The Morgan fingerprint density at radius 1 is 1.75 bits per heavy atom. The third-order valence-electron chi connectivity index (χ3n) is 2.06. The first-order valence-corrected chi connectivity index (χ1v) is 3.96. The highest BCUT2D eigenvalue weighted by Crippen LogP contribution is 2.26. The van der Waals surface area contributed by atoms with Crippen LogP contribution >= 0.6 is 0 Å². The van der Waals surface area contributed by atoms with Gasteiger partial charge in [0.2, 0.25) is 0 Å². The second-order valence-electron chi connectivity index (χ2n) is 2.99. The van der Waals surface area contributed by atoms with E-state index >= 15 is 0 Å². The van der Waals surface area contributed by atoms with Crippen molar-refractivity contribution in [2.24, 2.45) is 5.92 Å². The van der Waals surface area contributed by atoms with E-state index in [1.165, 1.54) is 6.92 Å². The second-order valence-corrected chi connectivity index (χ2v) is 2.99.